The van der Waals surface area contributed by atoms with Crippen molar-refractivity contribution in [1.29, 1.82) is 0 Å². The van der Waals surface area contributed by atoms with Crippen LogP contribution in [0.4, 0.5) is 4.39 Å². The second-order valence-corrected chi connectivity index (χ2v) is 3.03. The minimum absolute atomic E-state index is 0.227. The van der Waals surface area contributed by atoms with Crippen LogP contribution >= 0.6 is 0 Å². The van der Waals surface area contributed by atoms with Gasteiger partial charge in [0.25, 0.3) is 0 Å². The molecule has 1 aromatic carbocycles. The van der Waals surface area contributed by atoms with Gasteiger partial charge in [0.05, 0.1) is 12.6 Å². The molecule has 0 saturated carbocycles. The Morgan fingerprint density at radius 2 is 2.20 bits per heavy atom. The van der Waals surface area contributed by atoms with Crippen molar-refractivity contribution in [2.75, 3.05) is 7.11 Å². The topological polar surface area (TPSA) is 39.2 Å². The normalized spacial score (nSPS) is 10.3. The van der Waals surface area contributed by atoms with Crippen molar-refractivity contribution in [1.82, 2.24) is 4.98 Å². The van der Waals surface area contributed by atoms with Crippen molar-refractivity contribution in [3.8, 4) is 5.75 Å². The third-order valence-corrected chi connectivity index (χ3v) is 2.09. The lowest BCUT2D eigenvalue weighted by Gasteiger charge is -2.05. The summed E-state index contributed by atoms with van der Waals surface area (Å²) in [5.74, 6) is 0.127. The van der Waals surface area contributed by atoms with Crippen molar-refractivity contribution >= 4 is 17.2 Å². The SMILES string of the molecule is COc1cc(C=O)nc2cc(F)ccc12. The smallest absolute Gasteiger partial charge is 0.168 e. The highest BCUT2D eigenvalue weighted by Gasteiger charge is 2.06. The number of carbonyl (C=O) groups is 1. The van der Waals surface area contributed by atoms with Crippen LogP contribution in [0.25, 0.3) is 10.9 Å². The lowest BCUT2D eigenvalue weighted by molar-refractivity contribution is 0.111. The molecule has 0 N–H and O–H groups in total. The summed E-state index contributed by atoms with van der Waals surface area (Å²) in [4.78, 5) is 14.6. The summed E-state index contributed by atoms with van der Waals surface area (Å²) in [6.07, 6.45) is 0.604. The van der Waals surface area contributed by atoms with Crippen LogP contribution in [0.2, 0.25) is 0 Å². The van der Waals surface area contributed by atoms with E-state index in [-0.39, 0.29) is 11.5 Å². The zero-order valence-corrected chi connectivity index (χ0v) is 8.03. The molecule has 0 amide bonds. The molecular formula is C11H8FNO2. The number of methoxy groups -OCH3 is 1. The Morgan fingerprint density at radius 1 is 1.40 bits per heavy atom. The number of halogens is 1. The van der Waals surface area contributed by atoms with Gasteiger partial charge in [0.2, 0.25) is 0 Å². The first-order chi connectivity index (χ1) is 7.24. The van der Waals surface area contributed by atoms with E-state index in [0.29, 0.717) is 22.9 Å². The Balaban J connectivity index is 2.80. The maximum Gasteiger partial charge on any atom is 0.168 e. The van der Waals surface area contributed by atoms with Crippen LogP contribution in [-0.2, 0) is 0 Å². The Hall–Kier alpha value is -1.97. The van der Waals surface area contributed by atoms with E-state index in [1.165, 1.54) is 25.3 Å². The Labute approximate surface area is 85.5 Å². The molecule has 3 nitrogen and oxygen atoms in total. The lowest BCUT2D eigenvalue weighted by atomic mass is 10.2. The first-order valence-electron chi connectivity index (χ1n) is 4.34. The van der Waals surface area contributed by atoms with Crippen molar-refractivity contribution < 1.29 is 13.9 Å². The highest BCUT2D eigenvalue weighted by Crippen LogP contribution is 2.25. The van der Waals surface area contributed by atoms with Crippen LogP contribution in [0.5, 0.6) is 5.75 Å². The van der Waals surface area contributed by atoms with Crippen LogP contribution in [0.1, 0.15) is 10.5 Å². The first-order valence-corrected chi connectivity index (χ1v) is 4.34. The first kappa shape index (κ1) is 9.58. The summed E-state index contributed by atoms with van der Waals surface area (Å²) < 4.78 is 18.0. The van der Waals surface area contributed by atoms with Gasteiger partial charge < -0.3 is 4.74 Å². The number of pyridine rings is 1. The number of aldehydes is 1. The molecular weight excluding hydrogens is 197 g/mol. The molecule has 0 atom stereocenters. The molecule has 15 heavy (non-hydrogen) atoms. The molecule has 0 aliphatic heterocycles. The van der Waals surface area contributed by atoms with Gasteiger partial charge in [-0.1, -0.05) is 0 Å². The average molecular weight is 205 g/mol. The molecule has 0 radical (unpaired) electrons. The van der Waals surface area contributed by atoms with E-state index < -0.39 is 0 Å². The van der Waals surface area contributed by atoms with Crippen LogP contribution in [0.3, 0.4) is 0 Å². The van der Waals surface area contributed by atoms with Crippen molar-refractivity contribution in [3.63, 3.8) is 0 Å². The maximum absolute atomic E-state index is 12.9. The van der Waals surface area contributed by atoms with Gasteiger partial charge in [-0.2, -0.15) is 0 Å². The van der Waals surface area contributed by atoms with E-state index in [1.807, 2.05) is 0 Å². The standard InChI is InChI=1S/C11H8FNO2/c1-15-11-5-8(6-14)13-10-4-7(12)2-3-9(10)11/h2-6H,1H3. The van der Waals surface area contributed by atoms with Gasteiger partial charge in [0.15, 0.2) is 6.29 Å². The molecule has 2 rings (SSSR count). The summed E-state index contributed by atoms with van der Waals surface area (Å²) in [6.45, 7) is 0. The fourth-order valence-electron chi connectivity index (χ4n) is 1.42. The predicted molar refractivity (Wildman–Crippen MR) is 53.6 cm³/mol. The fraction of sp³-hybridized carbons (Fsp3) is 0.0909. The molecule has 1 heterocycles. The van der Waals surface area contributed by atoms with Gasteiger partial charge in [-0.25, -0.2) is 9.37 Å². The minimum Gasteiger partial charge on any atom is -0.496 e. The second kappa shape index (κ2) is 3.65. The number of benzene rings is 1. The fourth-order valence-corrected chi connectivity index (χ4v) is 1.42. The summed E-state index contributed by atoms with van der Waals surface area (Å²) in [5, 5.41) is 0.685. The van der Waals surface area contributed by atoms with E-state index in [9.17, 15) is 9.18 Å². The zero-order chi connectivity index (χ0) is 10.8. The van der Waals surface area contributed by atoms with E-state index >= 15 is 0 Å². The lowest BCUT2D eigenvalue weighted by Crippen LogP contribution is -1.93. The van der Waals surface area contributed by atoms with Crippen molar-refractivity contribution in [2.45, 2.75) is 0 Å². The average Bonchev–Trinajstić information content (AvgIpc) is 2.26. The molecule has 0 fully saturated rings. The van der Waals surface area contributed by atoms with Gasteiger partial charge in [-0.05, 0) is 12.1 Å². The number of ether oxygens (including phenoxy) is 1. The van der Waals surface area contributed by atoms with Crippen molar-refractivity contribution in [2.24, 2.45) is 0 Å². The molecule has 0 unspecified atom stereocenters. The third kappa shape index (κ3) is 1.66. The zero-order valence-electron chi connectivity index (χ0n) is 8.03. The number of hydrogen-bond donors (Lipinski definition) is 0. The largest absolute Gasteiger partial charge is 0.496 e. The third-order valence-electron chi connectivity index (χ3n) is 2.09. The summed E-state index contributed by atoms with van der Waals surface area (Å²) in [6, 6.07) is 5.69. The van der Waals surface area contributed by atoms with Gasteiger partial charge >= 0.3 is 0 Å². The van der Waals surface area contributed by atoms with Crippen LogP contribution in [0, 0.1) is 5.82 Å². The highest BCUT2D eigenvalue weighted by atomic mass is 19.1. The summed E-state index contributed by atoms with van der Waals surface area (Å²) >= 11 is 0. The molecule has 0 spiro atoms. The molecule has 76 valence electrons. The Morgan fingerprint density at radius 3 is 2.87 bits per heavy atom. The predicted octanol–water partition coefficient (Wildman–Crippen LogP) is 2.20. The second-order valence-electron chi connectivity index (χ2n) is 3.03. The summed E-state index contributed by atoms with van der Waals surface area (Å²) in [5.41, 5.74) is 0.640. The maximum atomic E-state index is 12.9. The Bertz CT molecular complexity index is 525. The number of carbonyl (C=O) groups excluding carboxylic acids is 1. The number of aromatic nitrogens is 1. The van der Waals surface area contributed by atoms with E-state index in [2.05, 4.69) is 4.98 Å². The molecule has 0 saturated heterocycles. The highest BCUT2D eigenvalue weighted by molar-refractivity contribution is 5.88. The van der Waals surface area contributed by atoms with E-state index in [4.69, 9.17) is 4.74 Å². The number of nitrogens with zero attached hydrogens (tertiary/aromatic N) is 1. The molecule has 0 aliphatic rings. The monoisotopic (exact) mass is 205 g/mol. The number of fused-ring (bicyclic) bond motifs is 1. The summed E-state index contributed by atoms with van der Waals surface area (Å²) in [7, 11) is 1.49. The van der Waals surface area contributed by atoms with Gasteiger partial charge in [0.1, 0.15) is 17.3 Å². The quantitative estimate of drug-likeness (QED) is 0.705. The molecule has 0 aliphatic carbocycles. The molecule has 2 aromatic rings. The molecule has 4 heteroatoms. The van der Waals surface area contributed by atoms with Gasteiger partial charge in [-0.15, -0.1) is 0 Å². The Kier molecular flexibility index (Phi) is 2.33. The van der Waals surface area contributed by atoms with Crippen LogP contribution in [0.15, 0.2) is 24.3 Å². The number of rotatable bonds is 2. The minimum atomic E-state index is -0.389. The van der Waals surface area contributed by atoms with E-state index in [1.54, 1.807) is 6.07 Å². The van der Waals surface area contributed by atoms with Gasteiger partial charge in [0, 0.05) is 17.5 Å². The van der Waals surface area contributed by atoms with E-state index in [0.717, 1.165) is 0 Å². The van der Waals surface area contributed by atoms with Crippen LogP contribution < -0.4 is 4.74 Å². The number of hydrogen-bond acceptors (Lipinski definition) is 3. The molecule has 0 bridgehead atoms. The van der Waals surface area contributed by atoms with Gasteiger partial charge in [-0.3, -0.25) is 4.79 Å². The van der Waals surface area contributed by atoms with Crippen molar-refractivity contribution in [3.05, 3.63) is 35.8 Å². The molecule has 1 aromatic heterocycles. The van der Waals surface area contributed by atoms with Crippen LogP contribution in [-0.4, -0.2) is 18.4 Å².